The van der Waals surface area contributed by atoms with Gasteiger partial charge in [0.2, 0.25) is 5.91 Å². The zero-order valence-corrected chi connectivity index (χ0v) is 18.4. The average Bonchev–Trinajstić information content (AvgIpc) is 2.83. The van der Waals surface area contributed by atoms with Crippen molar-refractivity contribution in [2.75, 3.05) is 19.7 Å². The molecular weight excluding hydrogens is 429 g/mol. The van der Waals surface area contributed by atoms with Crippen LogP contribution in [0.1, 0.15) is 58.4 Å². The van der Waals surface area contributed by atoms with Crippen LogP contribution in [-0.2, 0) is 11.3 Å². The van der Waals surface area contributed by atoms with E-state index in [4.69, 9.17) is 5.21 Å². The average molecular weight is 460 g/mol. The summed E-state index contributed by atoms with van der Waals surface area (Å²) in [7, 11) is 0. The number of carbonyl (C=O) groups is 3. The molecule has 0 aliphatic rings. The summed E-state index contributed by atoms with van der Waals surface area (Å²) in [6.45, 7) is 0.682. The van der Waals surface area contributed by atoms with E-state index in [2.05, 4.69) is 5.32 Å². The number of aliphatic hydroxyl groups is 1. The maximum atomic E-state index is 13.1. The van der Waals surface area contributed by atoms with Crippen molar-refractivity contribution in [2.24, 2.45) is 0 Å². The van der Waals surface area contributed by atoms with Gasteiger partial charge in [0.1, 0.15) is 5.82 Å². The van der Waals surface area contributed by atoms with Crippen molar-refractivity contribution in [3.8, 4) is 0 Å². The summed E-state index contributed by atoms with van der Waals surface area (Å²) < 4.78 is 13.1. The van der Waals surface area contributed by atoms with Gasteiger partial charge in [-0.1, -0.05) is 25.0 Å². The van der Waals surface area contributed by atoms with Crippen molar-refractivity contribution in [1.29, 1.82) is 0 Å². The molecule has 0 saturated carbocycles. The van der Waals surface area contributed by atoms with E-state index in [9.17, 15) is 23.9 Å². The van der Waals surface area contributed by atoms with Crippen LogP contribution in [0.3, 0.4) is 0 Å². The summed E-state index contributed by atoms with van der Waals surface area (Å²) >= 11 is 0. The van der Waals surface area contributed by atoms with E-state index < -0.39 is 11.7 Å². The Hall–Kier alpha value is -3.30. The molecule has 0 spiro atoms. The predicted octanol–water partition coefficient (Wildman–Crippen LogP) is 2.65. The first-order valence-electron chi connectivity index (χ1n) is 10.9. The molecule has 0 saturated heterocycles. The number of hydrogen-bond donors (Lipinski definition) is 4. The number of carbonyl (C=O) groups excluding carboxylic acids is 3. The minimum atomic E-state index is -0.429. The predicted molar refractivity (Wildman–Crippen MR) is 120 cm³/mol. The van der Waals surface area contributed by atoms with E-state index >= 15 is 0 Å². The molecule has 2 aromatic carbocycles. The van der Waals surface area contributed by atoms with Crippen LogP contribution in [0.5, 0.6) is 0 Å². The number of nitrogens with one attached hydrogen (secondary N) is 2. The summed E-state index contributed by atoms with van der Waals surface area (Å²) in [6, 6.07) is 12.1. The zero-order valence-electron chi connectivity index (χ0n) is 18.4. The van der Waals surface area contributed by atoms with Gasteiger partial charge >= 0.3 is 0 Å². The highest BCUT2D eigenvalue weighted by Crippen LogP contribution is 2.12. The third kappa shape index (κ3) is 8.99. The molecule has 2 aromatic rings. The van der Waals surface area contributed by atoms with Gasteiger partial charge in [0.05, 0.1) is 6.61 Å². The van der Waals surface area contributed by atoms with E-state index in [0.29, 0.717) is 24.1 Å². The minimum absolute atomic E-state index is 0.128. The van der Waals surface area contributed by atoms with Gasteiger partial charge in [-0.3, -0.25) is 19.6 Å². The number of hydrogen-bond acceptors (Lipinski definition) is 5. The Bertz CT molecular complexity index is 903. The Balaban J connectivity index is 1.81. The number of amides is 3. The minimum Gasteiger partial charge on any atom is -0.395 e. The molecular formula is C24H30FN3O5. The molecule has 3 amide bonds. The molecule has 0 radical (unpaired) electrons. The molecule has 0 fully saturated rings. The SMILES string of the molecule is O=C(CCCCCCNC(=O)c1ccc(CN(CCO)C(=O)c2ccc(F)cc2)cc1)NO. The molecule has 0 bridgehead atoms. The maximum absolute atomic E-state index is 13.1. The summed E-state index contributed by atoms with van der Waals surface area (Å²) in [5.74, 6) is -1.34. The van der Waals surface area contributed by atoms with Crippen LogP contribution in [0.2, 0.25) is 0 Å². The maximum Gasteiger partial charge on any atom is 0.254 e. The Morgan fingerprint density at radius 3 is 2.15 bits per heavy atom. The summed E-state index contributed by atoms with van der Waals surface area (Å²) in [5, 5.41) is 20.6. The van der Waals surface area contributed by atoms with Gasteiger partial charge in [0.25, 0.3) is 11.8 Å². The number of nitrogens with zero attached hydrogens (tertiary/aromatic N) is 1. The Labute approximate surface area is 192 Å². The first-order chi connectivity index (χ1) is 15.9. The molecule has 9 heteroatoms. The summed E-state index contributed by atoms with van der Waals surface area (Å²) in [6.07, 6.45) is 3.44. The molecule has 0 aromatic heterocycles. The smallest absolute Gasteiger partial charge is 0.254 e. The first-order valence-corrected chi connectivity index (χ1v) is 10.9. The fourth-order valence-corrected chi connectivity index (χ4v) is 3.25. The molecule has 0 heterocycles. The van der Waals surface area contributed by atoms with Crippen LogP contribution >= 0.6 is 0 Å². The monoisotopic (exact) mass is 459 g/mol. The van der Waals surface area contributed by atoms with Crippen molar-refractivity contribution in [3.05, 3.63) is 71.0 Å². The number of hydroxylamine groups is 1. The molecule has 2 rings (SSSR count). The van der Waals surface area contributed by atoms with Crippen molar-refractivity contribution in [2.45, 2.75) is 38.6 Å². The second-order valence-electron chi connectivity index (χ2n) is 7.61. The molecule has 4 N–H and O–H groups in total. The van der Waals surface area contributed by atoms with Crippen molar-refractivity contribution in [3.63, 3.8) is 0 Å². The molecule has 0 aliphatic carbocycles. The first kappa shape index (κ1) is 26.0. The number of rotatable bonds is 13. The second-order valence-corrected chi connectivity index (χ2v) is 7.61. The van der Waals surface area contributed by atoms with Gasteiger partial charge in [-0.05, 0) is 54.8 Å². The number of benzene rings is 2. The third-order valence-corrected chi connectivity index (χ3v) is 5.08. The molecule has 0 aliphatic heterocycles. The van der Waals surface area contributed by atoms with Gasteiger partial charge in [-0.2, -0.15) is 0 Å². The highest BCUT2D eigenvalue weighted by molar-refractivity contribution is 5.95. The Kier molecular flexibility index (Phi) is 11.0. The quantitative estimate of drug-likeness (QED) is 0.209. The van der Waals surface area contributed by atoms with Crippen molar-refractivity contribution >= 4 is 17.7 Å². The largest absolute Gasteiger partial charge is 0.395 e. The van der Waals surface area contributed by atoms with Crippen LogP contribution in [0.4, 0.5) is 4.39 Å². The lowest BCUT2D eigenvalue weighted by Crippen LogP contribution is -2.33. The van der Waals surface area contributed by atoms with Crippen LogP contribution in [0.25, 0.3) is 0 Å². The van der Waals surface area contributed by atoms with Gasteiger partial charge < -0.3 is 15.3 Å². The number of halogens is 1. The van der Waals surface area contributed by atoms with Gasteiger partial charge in [0, 0.05) is 37.2 Å². The van der Waals surface area contributed by atoms with Gasteiger partial charge in [-0.25, -0.2) is 9.87 Å². The summed E-state index contributed by atoms with van der Waals surface area (Å²) in [5.41, 5.74) is 3.22. The lowest BCUT2D eigenvalue weighted by atomic mass is 10.1. The van der Waals surface area contributed by atoms with Crippen molar-refractivity contribution < 1.29 is 29.1 Å². The molecule has 33 heavy (non-hydrogen) atoms. The Morgan fingerprint density at radius 2 is 1.52 bits per heavy atom. The Morgan fingerprint density at radius 1 is 0.879 bits per heavy atom. The van der Waals surface area contributed by atoms with E-state index in [1.54, 1.807) is 29.7 Å². The van der Waals surface area contributed by atoms with Crippen LogP contribution in [0.15, 0.2) is 48.5 Å². The normalized spacial score (nSPS) is 10.5. The fraction of sp³-hybridized carbons (Fsp3) is 0.375. The second kappa shape index (κ2) is 14.0. The van der Waals surface area contributed by atoms with E-state index in [0.717, 1.165) is 24.8 Å². The fourth-order valence-electron chi connectivity index (χ4n) is 3.25. The number of unbranched alkanes of at least 4 members (excludes halogenated alkanes) is 3. The van der Waals surface area contributed by atoms with Crippen molar-refractivity contribution in [1.82, 2.24) is 15.7 Å². The molecule has 0 atom stereocenters. The van der Waals surface area contributed by atoms with Gasteiger partial charge in [0.15, 0.2) is 0 Å². The lowest BCUT2D eigenvalue weighted by Gasteiger charge is -2.22. The van der Waals surface area contributed by atoms with E-state index in [1.807, 2.05) is 0 Å². The molecule has 8 nitrogen and oxygen atoms in total. The topological polar surface area (TPSA) is 119 Å². The highest BCUT2D eigenvalue weighted by Gasteiger charge is 2.16. The molecule has 178 valence electrons. The van der Waals surface area contributed by atoms with Crippen LogP contribution < -0.4 is 10.8 Å². The highest BCUT2D eigenvalue weighted by atomic mass is 19.1. The zero-order chi connectivity index (χ0) is 24.1. The molecule has 0 unspecified atom stereocenters. The number of aliphatic hydroxyl groups excluding tert-OH is 1. The standard InChI is InChI=1S/C24H30FN3O5/c25-21-12-10-20(11-13-21)24(32)28(15-16-29)17-18-6-8-19(9-7-18)23(31)26-14-4-2-1-3-5-22(30)27-33/h6-13,29,33H,1-5,14-17H2,(H,26,31)(H,27,30). The van der Waals surface area contributed by atoms with Crippen LogP contribution in [-0.4, -0.2) is 52.6 Å². The van der Waals surface area contributed by atoms with E-state index in [1.165, 1.54) is 29.2 Å². The van der Waals surface area contributed by atoms with Crippen LogP contribution in [0, 0.1) is 5.82 Å². The summed E-state index contributed by atoms with van der Waals surface area (Å²) in [4.78, 5) is 37.4. The van der Waals surface area contributed by atoms with E-state index in [-0.39, 0.29) is 37.9 Å². The van der Waals surface area contributed by atoms with Gasteiger partial charge in [-0.15, -0.1) is 0 Å². The lowest BCUT2D eigenvalue weighted by molar-refractivity contribution is -0.129. The third-order valence-electron chi connectivity index (χ3n) is 5.08.